The van der Waals surface area contributed by atoms with Crippen molar-refractivity contribution in [1.29, 1.82) is 0 Å². The molecule has 2 aromatic carbocycles. The fourth-order valence-corrected chi connectivity index (χ4v) is 4.59. The van der Waals surface area contributed by atoms with Crippen molar-refractivity contribution in [2.24, 2.45) is 0 Å². The van der Waals surface area contributed by atoms with Crippen molar-refractivity contribution < 1.29 is 9.53 Å². The van der Waals surface area contributed by atoms with Crippen LogP contribution in [0.25, 0.3) is 11.4 Å². The lowest BCUT2D eigenvalue weighted by Gasteiger charge is -2.34. The summed E-state index contributed by atoms with van der Waals surface area (Å²) in [7, 11) is 2.15. The van der Waals surface area contributed by atoms with E-state index < -0.39 is 0 Å². The third-order valence-electron chi connectivity index (χ3n) is 6.83. The van der Waals surface area contributed by atoms with Gasteiger partial charge in [0.25, 0.3) is 0 Å². The summed E-state index contributed by atoms with van der Waals surface area (Å²) in [5, 5.41) is 5.82. The molecule has 10 heteroatoms. The molecule has 38 heavy (non-hydrogen) atoms. The fourth-order valence-electron chi connectivity index (χ4n) is 4.59. The second-order valence-electron chi connectivity index (χ2n) is 9.72. The molecule has 2 aliphatic rings. The molecule has 0 radical (unpaired) electrons. The number of hydrogen-bond acceptors (Lipinski definition) is 8. The number of carbonyl (C=O) groups is 1. The van der Waals surface area contributed by atoms with Crippen molar-refractivity contribution in [3.63, 3.8) is 0 Å². The molecule has 2 N–H and O–H groups in total. The van der Waals surface area contributed by atoms with Gasteiger partial charge in [0.15, 0.2) is 5.82 Å². The van der Waals surface area contributed by atoms with Crippen LogP contribution in [0.5, 0.6) is 0 Å². The minimum absolute atomic E-state index is 0.287. The number of likely N-dealkylation sites (N-methyl/N-ethyl adjacent to an activating group) is 1. The molecular weight excluding hydrogens is 480 g/mol. The number of carbonyl (C=O) groups excluding carboxylic acids is 1. The van der Waals surface area contributed by atoms with E-state index in [1.165, 1.54) is 5.69 Å². The normalized spacial score (nSPS) is 16.4. The van der Waals surface area contributed by atoms with Crippen LogP contribution in [0.1, 0.15) is 19.2 Å². The van der Waals surface area contributed by atoms with Crippen LogP contribution in [0, 0.1) is 0 Å². The van der Waals surface area contributed by atoms with Crippen molar-refractivity contribution in [3.05, 3.63) is 54.4 Å². The Balaban J connectivity index is 1.21. The molecular formula is C28H36N8O2. The van der Waals surface area contributed by atoms with Crippen LogP contribution in [-0.4, -0.2) is 85.4 Å². The van der Waals surface area contributed by atoms with Gasteiger partial charge in [-0.25, -0.2) is 9.78 Å². The number of aryl methyl sites for hydroxylation is 1. The molecule has 3 heterocycles. The molecule has 2 amide bonds. The van der Waals surface area contributed by atoms with Gasteiger partial charge in [0.1, 0.15) is 5.82 Å². The quantitative estimate of drug-likeness (QED) is 0.490. The summed E-state index contributed by atoms with van der Waals surface area (Å²) >= 11 is 0. The number of morpholine rings is 1. The maximum absolute atomic E-state index is 12.6. The first-order valence-corrected chi connectivity index (χ1v) is 13.4. The molecule has 10 nitrogen and oxygen atoms in total. The molecule has 2 saturated heterocycles. The highest BCUT2D eigenvalue weighted by molar-refractivity contribution is 5.99. The standard InChI is InChI=1S/C28H36N8O2/c1-3-4-25-31-26(33-27(32-25)36-17-19-38-20-18-36)21-5-7-22(8-6-21)29-28(37)30-23-9-11-24(12-10-23)35-15-13-34(2)14-16-35/h5-12H,3-4,13-20H2,1-2H3,(H2,29,30,37). The summed E-state index contributed by atoms with van der Waals surface area (Å²) in [4.78, 5) is 33.6. The lowest BCUT2D eigenvalue weighted by Crippen LogP contribution is -2.44. The van der Waals surface area contributed by atoms with E-state index in [1.807, 2.05) is 36.4 Å². The van der Waals surface area contributed by atoms with E-state index in [0.717, 1.165) is 69.2 Å². The Bertz CT molecular complexity index is 1200. The SMILES string of the molecule is CCCc1nc(-c2ccc(NC(=O)Nc3ccc(N4CCN(C)CC4)cc3)cc2)nc(N2CCOCC2)n1. The zero-order chi connectivity index (χ0) is 26.3. The number of ether oxygens (including phenoxy) is 1. The van der Waals surface area contributed by atoms with E-state index in [9.17, 15) is 4.79 Å². The molecule has 0 saturated carbocycles. The Labute approximate surface area is 224 Å². The van der Waals surface area contributed by atoms with E-state index in [0.29, 0.717) is 30.7 Å². The molecule has 1 aromatic heterocycles. The largest absolute Gasteiger partial charge is 0.378 e. The monoisotopic (exact) mass is 516 g/mol. The number of nitrogens with one attached hydrogen (secondary N) is 2. The average molecular weight is 517 g/mol. The van der Waals surface area contributed by atoms with Crippen molar-refractivity contribution in [1.82, 2.24) is 19.9 Å². The Morgan fingerprint density at radius 3 is 2.08 bits per heavy atom. The van der Waals surface area contributed by atoms with Gasteiger partial charge in [0.2, 0.25) is 5.95 Å². The number of anilines is 4. The van der Waals surface area contributed by atoms with Crippen LogP contribution in [0.3, 0.4) is 0 Å². The van der Waals surface area contributed by atoms with E-state index >= 15 is 0 Å². The van der Waals surface area contributed by atoms with Crippen LogP contribution < -0.4 is 20.4 Å². The first-order chi connectivity index (χ1) is 18.6. The second-order valence-corrected chi connectivity index (χ2v) is 9.72. The van der Waals surface area contributed by atoms with Gasteiger partial charge in [-0.3, -0.25) is 0 Å². The number of hydrogen-bond donors (Lipinski definition) is 2. The molecule has 3 aromatic rings. The van der Waals surface area contributed by atoms with E-state index in [2.05, 4.69) is 56.4 Å². The predicted molar refractivity (Wildman–Crippen MR) is 151 cm³/mol. The van der Waals surface area contributed by atoms with Crippen LogP contribution >= 0.6 is 0 Å². The average Bonchev–Trinajstić information content (AvgIpc) is 2.95. The van der Waals surface area contributed by atoms with Crippen molar-refractivity contribution in [2.45, 2.75) is 19.8 Å². The van der Waals surface area contributed by atoms with Crippen LogP contribution in [0.2, 0.25) is 0 Å². The Kier molecular flexibility index (Phi) is 8.30. The summed E-state index contributed by atoms with van der Waals surface area (Å²) in [5.74, 6) is 2.13. The van der Waals surface area contributed by atoms with E-state index in [-0.39, 0.29) is 6.03 Å². The predicted octanol–water partition coefficient (Wildman–Crippen LogP) is 3.72. The van der Waals surface area contributed by atoms with Gasteiger partial charge in [0, 0.05) is 68.3 Å². The molecule has 0 atom stereocenters. The number of amides is 2. The summed E-state index contributed by atoms with van der Waals surface area (Å²) < 4.78 is 5.47. The molecule has 0 aliphatic carbocycles. The summed E-state index contributed by atoms with van der Waals surface area (Å²) in [6.45, 7) is 9.15. The van der Waals surface area contributed by atoms with Crippen molar-refractivity contribution in [2.75, 3.05) is 80.0 Å². The third-order valence-corrected chi connectivity index (χ3v) is 6.83. The number of benzene rings is 2. The summed E-state index contributed by atoms with van der Waals surface area (Å²) in [6, 6.07) is 15.3. The highest BCUT2D eigenvalue weighted by atomic mass is 16.5. The molecule has 2 aliphatic heterocycles. The molecule has 0 unspecified atom stereocenters. The maximum Gasteiger partial charge on any atom is 0.323 e. The van der Waals surface area contributed by atoms with Gasteiger partial charge < -0.3 is 30.1 Å². The van der Waals surface area contributed by atoms with Gasteiger partial charge >= 0.3 is 6.03 Å². The lowest BCUT2D eigenvalue weighted by molar-refractivity contribution is 0.122. The first kappa shape index (κ1) is 25.9. The topological polar surface area (TPSA) is 98.8 Å². The number of rotatable bonds is 7. The minimum atomic E-state index is -0.287. The van der Waals surface area contributed by atoms with Gasteiger partial charge in [-0.2, -0.15) is 9.97 Å². The van der Waals surface area contributed by atoms with Crippen molar-refractivity contribution >= 4 is 29.0 Å². The Hall–Kier alpha value is -3.76. The van der Waals surface area contributed by atoms with Crippen LogP contribution in [0.4, 0.5) is 27.8 Å². The number of nitrogens with zero attached hydrogens (tertiary/aromatic N) is 6. The minimum Gasteiger partial charge on any atom is -0.378 e. The van der Waals surface area contributed by atoms with Crippen LogP contribution in [-0.2, 0) is 11.2 Å². The highest BCUT2D eigenvalue weighted by Crippen LogP contribution is 2.23. The number of aromatic nitrogens is 3. The Morgan fingerprint density at radius 1 is 0.816 bits per heavy atom. The van der Waals surface area contributed by atoms with Gasteiger partial charge in [-0.15, -0.1) is 0 Å². The van der Waals surface area contributed by atoms with Gasteiger partial charge in [-0.05, 0) is 62.0 Å². The first-order valence-electron chi connectivity index (χ1n) is 13.4. The maximum atomic E-state index is 12.6. The zero-order valence-corrected chi connectivity index (χ0v) is 22.2. The van der Waals surface area contributed by atoms with E-state index in [1.54, 1.807) is 0 Å². The smallest absolute Gasteiger partial charge is 0.323 e. The van der Waals surface area contributed by atoms with Crippen molar-refractivity contribution in [3.8, 4) is 11.4 Å². The Morgan fingerprint density at radius 2 is 1.45 bits per heavy atom. The summed E-state index contributed by atoms with van der Waals surface area (Å²) in [6.07, 6.45) is 1.76. The van der Waals surface area contributed by atoms with Crippen LogP contribution in [0.15, 0.2) is 48.5 Å². The zero-order valence-electron chi connectivity index (χ0n) is 22.2. The summed E-state index contributed by atoms with van der Waals surface area (Å²) in [5.41, 5.74) is 3.50. The molecule has 2 fully saturated rings. The van der Waals surface area contributed by atoms with E-state index in [4.69, 9.17) is 14.7 Å². The highest BCUT2D eigenvalue weighted by Gasteiger charge is 2.17. The number of urea groups is 1. The molecule has 200 valence electrons. The number of piperazine rings is 1. The lowest BCUT2D eigenvalue weighted by atomic mass is 10.2. The molecule has 0 spiro atoms. The fraction of sp³-hybridized carbons (Fsp3) is 0.429. The van der Waals surface area contributed by atoms with Gasteiger partial charge in [-0.1, -0.05) is 6.92 Å². The molecule has 0 bridgehead atoms. The van der Waals surface area contributed by atoms with Gasteiger partial charge in [0.05, 0.1) is 13.2 Å². The molecule has 5 rings (SSSR count). The third kappa shape index (κ3) is 6.56. The second kappa shape index (κ2) is 12.2.